The Hall–Kier alpha value is -0.0800. The van der Waals surface area contributed by atoms with Gasteiger partial charge >= 0.3 is 0 Å². The number of hydrogen-bond donors (Lipinski definition) is 1. The fourth-order valence-electron chi connectivity index (χ4n) is 1.64. The van der Waals surface area contributed by atoms with Crippen molar-refractivity contribution in [2.45, 2.75) is 52.2 Å². The largest absolute Gasteiger partial charge is 0.307 e. The van der Waals surface area contributed by atoms with E-state index < -0.39 is 0 Å². The van der Waals surface area contributed by atoms with Crippen LogP contribution in [0.1, 0.15) is 34.6 Å². The molecule has 0 bridgehead atoms. The van der Waals surface area contributed by atoms with Crippen molar-refractivity contribution < 1.29 is 0 Å². The lowest BCUT2D eigenvalue weighted by molar-refractivity contribution is 0.0775. The highest BCUT2D eigenvalue weighted by atomic mass is 15.3. The van der Waals surface area contributed by atoms with E-state index in [0.29, 0.717) is 12.1 Å². The van der Waals surface area contributed by atoms with Gasteiger partial charge in [0.05, 0.1) is 0 Å². The van der Waals surface area contributed by atoms with Crippen molar-refractivity contribution in [1.82, 2.24) is 10.2 Å². The lowest BCUT2D eigenvalue weighted by atomic mass is 10.0. The molecule has 0 amide bonds. The summed E-state index contributed by atoms with van der Waals surface area (Å²) in [6.07, 6.45) is 0. The molecule has 0 aromatic heterocycles. The van der Waals surface area contributed by atoms with Crippen LogP contribution in [0.2, 0.25) is 0 Å². The lowest BCUT2D eigenvalue weighted by Gasteiger charge is -2.45. The van der Waals surface area contributed by atoms with Gasteiger partial charge in [-0.1, -0.05) is 0 Å². The van der Waals surface area contributed by atoms with E-state index in [0.717, 1.165) is 0 Å². The molecule has 12 heavy (non-hydrogen) atoms. The number of nitrogens with one attached hydrogen (secondary N) is 1. The van der Waals surface area contributed by atoms with Crippen LogP contribution in [0.25, 0.3) is 0 Å². The highest BCUT2D eigenvalue weighted by Crippen LogP contribution is 2.14. The molecule has 0 atom stereocenters. The Morgan fingerprint density at radius 2 is 1.75 bits per heavy atom. The Morgan fingerprint density at radius 1 is 1.25 bits per heavy atom. The summed E-state index contributed by atoms with van der Waals surface area (Å²) in [5, 5.41) is 3.60. The molecule has 1 rings (SSSR count). The van der Waals surface area contributed by atoms with Crippen LogP contribution in [0, 0.1) is 0 Å². The van der Waals surface area contributed by atoms with E-state index in [4.69, 9.17) is 0 Å². The van der Waals surface area contributed by atoms with E-state index >= 15 is 0 Å². The first-order chi connectivity index (χ1) is 5.38. The molecule has 2 nitrogen and oxygen atoms in total. The van der Waals surface area contributed by atoms with E-state index in [9.17, 15) is 0 Å². The maximum absolute atomic E-state index is 3.60. The number of hydrogen-bond acceptors (Lipinski definition) is 2. The number of nitrogens with zero attached hydrogens (tertiary/aromatic N) is 1. The van der Waals surface area contributed by atoms with Crippen molar-refractivity contribution in [3.05, 3.63) is 0 Å². The Morgan fingerprint density at radius 3 is 2.08 bits per heavy atom. The topological polar surface area (TPSA) is 15.3 Å². The second kappa shape index (κ2) is 3.35. The summed E-state index contributed by atoms with van der Waals surface area (Å²) >= 11 is 0. The van der Waals surface area contributed by atoms with E-state index in [-0.39, 0.29) is 5.54 Å². The predicted molar refractivity (Wildman–Crippen MR) is 53.4 cm³/mol. The number of rotatable bonds is 2. The smallest absolute Gasteiger partial charge is 0.0327 e. The van der Waals surface area contributed by atoms with Gasteiger partial charge in [-0.25, -0.2) is 0 Å². The third-order valence-corrected chi connectivity index (χ3v) is 2.28. The molecule has 0 radical (unpaired) electrons. The van der Waals surface area contributed by atoms with Crippen LogP contribution < -0.4 is 5.32 Å². The molecule has 0 aliphatic carbocycles. The van der Waals surface area contributed by atoms with Crippen molar-refractivity contribution in [3.63, 3.8) is 0 Å². The molecule has 0 spiro atoms. The SMILES string of the molecule is CC(C)N1CC(NC(C)(C)C)C1. The molecule has 1 fully saturated rings. The van der Waals surface area contributed by atoms with Gasteiger partial charge in [-0.05, 0) is 34.6 Å². The fourth-order valence-corrected chi connectivity index (χ4v) is 1.64. The zero-order chi connectivity index (χ0) is 9.35. The molecule has 1 aliphatic heterocycles. The average molecular weight is 170 g/mol. The molecule has 0 unspecified atom stereocenters. The van der Waals surface area contributed by atoms with Gasteiger partial charge < -0.3 is 5.32 Å². The van der Waals surface area contributed by atoms with Gasteiger partial charge in [0.2, 0.25) is 0 Å². The minimum atomic E-state index is 0.272. The van der Waals surface area contributed by atoms with Crippen LogP contribution in [-0.2, 0) is 0 Å². The molecular formula is C10H22N2. The van der Waals surface area contributed by atoms with Crippen LogP contribution in [-0.4, -0.2) is 35.6 Å². The highest BCUT2D eigenvalue weighted by molar-refractivity contribution is 4.91. The van der Waals surface area contributed by atoms with Crippen molar-refractivity contribution in [2.24, 2.45) is 0 Å². The molecule has 72 valence electrons. The van der Waals surface area contributed by atoms with E-state index in [1.807, 2.05) is 0 Å². The van der Waals surface area contributed by atoms with E-state index in [1.165, 1.54) is 13.1 Å². The molecule has 1 saturated heterocycles. The predicted octanol–water partition coefficient (Wildman–Crippen LogP) is 1.47. The summed E-state index contributed by atoms with van der Waals surface area (Å²) in [6.45, 7) is 13.6. The molecule has 2 heteroatoms. The molecular weight excluding hydrogens is 148 g/mol. The number of likely N-dealkylation sites (tertiary alicyclic amines) is 1. The Labute approximate surface area is 76.3 Å². The first-order valence-electron chi connectivity index (χ1n) is 4.90. The Kier molecular flexibility index (Phi) is 2.79. The van der Waals surface area contributed by atoms with Gasteiger partial charge in [0.1, 0.15) is 0 Å². The van der Waals surface area contributed by atoms with E-state index in [2.05, 4.69) is 44.8 Å². The summed E-state index contributed by atoms with van der Waals surface area (Å²) in [5.74, 6) is 0. The third kappa shape index (κ3) is 2.76. The van der Waals surface area contributed by atoms with Gasteiger partial charge in [0.25, 0.3) is 0 Å². The van der Waals surface area contributed by atoms with Gasteiger partial charge in [0, 0.05) is 30.7 Å². The quantitative estimate of drug-likeness (QED) is 0.675. The Bertz CT molecular complexity index is 140. The van der Waals surface area contributed by atoms with Crippen molar-refractivity contribution in [3.8, 4) is 0 Å². The minimum Gasteiger partial charge on any atom is -0.307 e. The van der Waals surface area contributed by atoms with E-state index in [1.54, 1.807) is 0 Å². The van der Waals surface area contributed by atoms with Crippen LogP contribution in [0.15, 0.2) is 0 Å². The molecule has 1 heterocycles. The van der Waals surface area contributed by atoms with Crippen LogP contribution in [0.3, 0.4) is 0 Å². The summed E-state index contributed by atoms with van der Waals surface area (Å²) in [4.78, 5) is 2.49. The maximum Gasteiger partial charge on any atom is 0.0327 e. The normalized spacial score (nSPS) is 21.5. The third-order valence-electron chi connectivity index (χ3n) is 2.28. The summed E-state index contributed by atoms with van der Waals surface area (Å²) in [7, 11) is 0. The maximum atomic E-state index is 3.60. The second-order valence-corrected chi connectivity index (χ2v) is 5.14. The van der Waals surface area contributed by atoms with Crippen molar-refractivity contribution >= 4 is 0 Å². The monoisotopic (exact) mass is 170 g/mol. The summed E-state index contributed by atoms with van der Waals surface area (Å²) < 4.78 is 0. The zero-order valence-corrected chi connectivity index (χ0v) is 9.02. The van der Waals surface area contributed by atoms with Gasteiger partial charge in [-0.3, -0.25) is 4.90 Å². The molecule has 0 aromatic rings. The van der Waals surface area contributed by atoms with Crippen molar-refractivity contribution in [1.29, 1.82) is 0 Å². The summed E-state index contributed by atoms with van der Waals surface area (Å²) in [6, 6.07) is 1.43. The minimum absolute atomic E-state index is 0.272. The van der Waals surface area contributed by atoms with Crippen LogP contribution >= 0.6 is 0 Å². The first-order valence-corrected chi connectivity index (χ1v) is 4.90. The zero-order valence-electron chi connectivity index (χ0n) is 9.02. The second-order valence-electron chi connectivity index (χ2n) is 5.14. The van der Waals surface area contributed by atoms with Crippen LogP contribution in [0.5, 0.6) is 0 Å². The van der Waals surface area contributed by atoms with Crippen LogP contribution in [0.4, 0.5) is 0 Å². The average Bonchev–Trinajstić information content (AvgIpc) is 1.74. The van der Waals surface area contributed by atoms with Gasteiger partial charge in [0.15, 0.2) is 0 Å². The van der Waals surface area contributed by atoms with Crippen molar-refractivity contribution in [2.75, 3.05) is 13.1 Å². The standard InChI is InChI=1S/C10H22N2/c1-8(2)12-6-9(7-12)11-10(3,4)5/h8-9,11H,6-7H2,1-5H3. The Balaban J connectivity index is 2.18. The molecule has 1 aliphatic rings. The van der Waals surface area contributed by atoms with Gasteiger partial charge in [-0.15, -0.1) is 0 Å². The summed E-state index contributed by atoms with van der Waals surface area (Å²) in [5.41, 5.74) is 0.272. The molecule has 0 aromatic carbocycles. The fraction of sp³-hybridized carbons (Fsp3) is 1.00. The highest BCUT2D eigenvalue weighted by Gasteiger charge is 2.30. The first kappa shape index (κ1) is 10.0. The lowest BCUT2D eigenvalue weighted by Crippen LogP contribution is -2.63. The molecule has 1 N–H and O–H groups in total. The van der Waals surface area contributed by atoms with Gasteiger partial charge in [-0.2, -0.15) is 0 Å². The molecule has 0 saturated carbocycles.